The Kier molecular flexibility index (Phi) is 3.62. The van der Waals surface area contributed by atoms with Crippen LogP contribution in [0.15, 0.2) is 22.8 Å². The topological polar surface area (TPSA) is 42.7 Å². The van der Waals surface area contributed by atoms with Crippen LogP contribution in [0.5, 0.6) is 0 Å². The molecule has 0 spiro atoms. The Morgan fingerprint density at radius 2 is 2.25 bits per heavy atom. The summed E-state index contributed by atoms with van der Waals surface area (Å²) in [7, 11) is 0. The molecule has 1 aliphatic rings. The Labute approximate surface area is 95.2 Å². The lowest BCUT2D eigenvalue weighted by atomic mass is 10.1. The van der Waals surface area contributed by atoms with Crippen molar-refractivity contribution in [3.8, 4) is 0 Å². The first kappa shape index (κ1) is 11.2. The lowest BCUT2D eigenvalue weighted by Crippen LogP contribution is -2.41. The van der Waals surface area contributed by atoms with Crippen molar-refractivity contribution in [3.63, 3.8) is 0 Å². The van der Waals surface area contributed by atoms with E-state index in [-0.39, 0.29) is 11.9 Å². The van der Waals surface area contributed by atoms with Gasteiger partial charge in [0.2, 0.25) is 5.91 Å². The summed E-state index contributed by atoms with van der Waals surface area (Å²) < 4.78 is 10.6. The van der Waals surface area contributed by atoms with Gasteiger partial charge in [-0.1, -0.05) is 0 Å². The van der Waals surface area contributed by atoms with E-state index in [0.717, 1.165) is 31.8 Å². The van der Waals surface area contributed by atoms with Crippen LogP contribution in [0.25, 0.3) is 0 Å². The lowest BCUT2D eigenvalue weighted by Gasteiger charge is -2.33. The fourth-order valence-electron chi connectivity index (χ4n) is 2.06. The first-order chi connectivity index (χ1) is 7.77. The lowest BCUT2D eigenvalue weighted by molar-refractivity contribution is -0.134. The molecule has 0 N–H and O–H groups in total. The Balaban J connectivity index is 2.01. The van der Waals surface area contributed by atoms with E-state index in [1.54, 1.807) is 13.2 Å². The molecular weight excluding hydrogens is 206 g/mol. The molecule has 0 saturated carbocycles. The number of carbonyl (C=O) groups excluding carboxylic acids is 1. The summed E-state index contributed by atoms with van der Waals surface area (Å²) in [5, 5.41) is 0. The first-order valence-electron chi connectivity index (χ1n) is 5.64. The largest absolute Gasteiger partial charge is 0.467 e. The van der Waals surface area contributed by atoms with E-state index < -0.39 is 0 Å². The molecule has 1 saturated heterocycles. The number of hydrogen-bond donors (Lipinski definition) is 0. The van der Waals surface area contributed by atoms with Gasteiger partial charge in [-0.25, -0.2) is 0 Å². The molecule has 2 heterocycles. The zero-order valence-electron chi connectivity index (χ0n) is 9.52. The van der Waals surface area contributed by atoms with Crippen LogP contribution in [-0.2, 0) is 16.1 Å². The minimum absolute atomic E-state index is 0.100. The van der Waals surface area contributed by atoms with Gasteiger partial charge in [-0.05, 0) is 25.0 Å². The van der Waals surface area contributed by atoms with Crippen LogP contribution in [0.4, 0.5) is 0 Å². The van der Waals surface area contributed by atoms with Crippen molar-refractivity contribution in [2.75, 3.05) is 13.2 Å². The maximum absolute atomic E-state index is 11.6. The van der Waals surface area contributed by atoms with Gasteiger partial charge < -0.3 is 14.1 Å². The summed E-state index contributed by atoms with van der Waals surface area (Å²) in [5.74, 6) is 0.935. The van der Waals surface area contributed by atoms with E-state index in [9.17, 15) is 4.79 Å². The normalized spacial score (nSPS) is 17.3. The number of hydrogen-bond acceptors (Lipinski definition) is 3. The molecule has 0 aliphatic carbocycles. The first-order valence-corrected chi connectivity index (χ1v) is 5.64. The van der Waals surface area contributed by atoms with Gasteiger partial charge >= 0.3 is 0 Å². The number of amides is 1. The van der Waals surface area contributed by atoms with Gasteiger partial charge in [0.25, 0.3) is 0 Å². The fourth-order valence-corrected chi connectivity index (χ4v) is 2.06. The van der Waals surface area contributed by atoms with Crippen LogP contribution in [0.1, 0.15) is 25.5 Å². The number of carbonyl (C=O) groups is 1. The summed E-state index contributed by atoms with van der Waals surface area (Å²) in [5.41, 5.74) is 0. The van der Waals surface area contributed by atoms with Crippen LogP contribution in [0.3, 0.4) is 0 Å². The summed E-state index contributed by atoms with van der Waals surface area (Å²) in [6.45, 7) is 3.66. The van der Waals surface area contributed by atoms with E-state index in [1.807, 2.05) is 17.0 Å². The zero-order valence-corrected chi connectivity index (χ0v) is 9.52. The van der Waals surface area contributed by atoms with Crippen LogP contribution < -0.4 is 0 Å². The molecular formula is C12H17NO3. The van der Waals surface area contributed by atoms with Gasteiger partial charge in [-0.3, -0.25) is 4.79 Å². The van der Waals surface area contributed by atoms with Crippen molar-refractivity contribution in [2.45, 2.75) is 32.4 Å². The monoisotopic (exact) mass is 223 g/mol. The van der Waals surface area contributed by atoms with Gasteiger partial charge in [-0.2, -0.15) is 0 Å². The minimum atomic E-state index is 0.100. The van der Waals surface area contributed by atoms with Crippen molar-refractivity contribution >= 4 is 5.91 Å². The summed E-state index contributed by atoms with van der Waals surface area (Å²) in [6.07, 6.45) is 3.47. The third kappa shape index (κ3) is 2.64. The average Bonchev–Trinajstić information content (AvgIpc) is 2.79. The molecule has 88 valence electrons. The Bertz CT molecular complexity index is 328. The second-order valence-corrected chi connectivity index (χ2v) is 4.07. The fraction of sp³-hybridized carbons (Fsp3) is 0.583. The molecule has 1 aliphatic heterocycles. The molecule has 0 aromatic carbocycles. The Hall–Kier alpha value is -1.29. The van der Waals surface area contributed by atoms with Crippen LogP contribution in [0, 0.1) is 0 Å². The van der Waals surface area contributed by atoms with E-state index in [2.05, 4.69) is 0 Å². The third-order valence-corrected chi connectivity index (χ3v) is 2.94. The third-order valence-electron chi connectivity index (χ3n) is 2.94. The Morgan fingerprint density at radius 3 is 2.81 bits per heavy atom. The molecule has 4 nitrogen and oxygen atoms in total. The highest BCUT2D eigenvalue weighted by molar-refractivity contribution is 5.73. The predicted molar refractivity (Wildman–Crippen MR) is 58.8 cm³/mol. The minimum Gasteiger partial charge on any atom is -0.467 e. The van der Waals surface area contributed by atoms with E-state index in [4.69, 9.17) is 9.15 Å². The van der Waals surface area contributed by atoms with Crippen LogP contribution in [0.2, 0.25) is 0 Å². The molecule has 1 amide bonds. The average molecular weight is 223 g/mol. The second kappa shape index (κ2) is 5.16. The van der Waals surface area contributed by atoms with Gasteiger partial charge in [0.05, 0.1) is 12.8 Å². The number of ether oxygens (including phenoxy) is 1. The molecule has 2 rings (SSSR count). The van der Waals surface area contributed by atoms with Gasteiger partial charge in [0.1, 0.15) is 5.76 Å². The predicted octanol–water partition coefficient (Wildman–Crippen LogP) is 1.81. The van der Waals surface area contributed by atoms with Crippen molar-refractivity contribution in [1.82, 2.24) is 4.90 Å². The van der Waals surface area contributed by atoms with E-state index in [0.29, 0.717) is 6.54 Å². The molecule has 0 radical (unpaired) electrons. The number of nitrogens with zero attached hydrogens (tertiary/aromatic N) is 1. The standard InChI is InChI=1S/C12H17NO3/c1-10(14)13(9-12-3-2-6-16-12)11-4-7-15-8-5-11/h2-3,6,11H,4-5,7-9H2,1H3. The molecule has 1 aromatic rings. The SMILES string of the molecule is CC(=O)N(Cc1ccco1)C1CCOCC1. The maximum Gasteiger partial charge on any atom is 0.220 e. The molecule has 16 heavy (non-hydrogen) atoms. The van der Waals surface area contributed by atoms with E-state index in [1.165, 1.54) is 0 Å². The molecule has 4 heteroatoms. The van der Waals surface area contributed by atoms with Crippen molar-refractivity contribution in [2.24, 2.45) is 0 Å². The van der Waals surface area contributed by atoms with Crippen LogP contribution >= 0.6 is 0 Å². The van der Waals surface area contributed by atoms with Crippen molar-refractivity contribution in [1.29, 1.82) is 0 Å². The number of rotatable bonds is 3. The van der Waals surface area contributed by atoms with Gasteiger partial charge in [0.15, 0.2) is 0 Å². The summed E-state index contributed by atoms with van der Waals surface area (Å²) in [4.78, 5) is 13.5. The molecule has 0 unspecified atom stereocenters. The molecule has 1 aromatic heterocycles. The van der Waals surface area contributed by atoms with Gasteiger partial charge in [-0.15, -0.1) is 0 Å². The molecule has 0 bridgehead atoms. The van der Waals surface area contributed by atoms with Crippen molar-refractivity contribution in [3.05, 3.63) is 24.2 Å². The summed E-state index contributed by atoms with van der Waals surface area (Å²) >= 11 is 0. The highest BCUT2D eigenvalue weighted by Gasteiger charge is 2.24. The molecule has 0 atom stereocenters. The van der Waals surface area contributed by atoms with E-state index >= 15 is 0 Å². The quantitative estimate of drug-likeness (QED) is 0.784. The molecule has 1 fully saturated rings. The Morgan fingerprint density at radius 1 is 1.50 bits per heavy atom. The second-order valence-electron chi connectivity index (χ2n) is 4.07. The van der Waals surface area contributed by atoms with Crippen molar-refractivity contribution < 1.29 is 13.9 Å². The highest BCUT2D eigenvalue weighted by Crippen LogP contribution is 2.17. The smallest absolute Gasteiger partial charge is 0.220 e. The maximum atomic E-state index is 11.6. The number of furan rings is 1. The summed E-state index contributed by atoms with van der Waals surface area (Å²) in [6, 6.07) is 4.03. The van der Waals surface area contributed by atoms with Gasteiger partial charge in [0, 0.05) is 26.2 Å². The highest BCUT2D eigenvalue weighted by atomic mass is 16.5. The zero-order chi connectivity index (χ0) is 11.4. The van der Waals surface area contributed by atoms with Crippen LogP contribution in [-0.4, -0.2) is 30.1 Å².